The summed E-state index contributed by atoms with van der Waals surface area (Å²) in [6.07, 6.45) is 1.67. The van der Waals surface area contributed by atoms with Crippen molar-refractivity contribution in [3.05, 3.63) is 76.6 Å². The van der Waals surface area contributed by atoms with Gasteiger partial charge in [0.05, 0.1) is 5.69 Å². The molecule has 3 N–H and O–H groups in total. The molecular formula is C20H14ClN3O4S. The molecule has 0 aliphatic rings. The van der Waals surface area contributed by atoms with Crippen molar-refractivity contribution in [2.45, 2.75) is 0 Å². The molecule has 0 bridgehead atoms. The highest BCUT2D eigenvalue weighted by Gasteiger charge is 2.09. The van der Waals surface area contributed by atoms with Crippen LogP contribution in [-0.4, -0.2) is 27.9 Å². The van der Waals surface area contributed by atoms with Gasteiger partial charge in [0.1, 0.15) is 0 Å². The normalized spacial score (nSPS) is 10.7. The van der Waals surface area contributed by atoms with Crippen molar-refractivity contribution in [2.75, 3.05) is 10.6 Å². The summed E-state index contributed by atoms with van der Waals surface area (Å²) >= 11 is 7.04. The van der Waals surface area contributed by atoms with E-state index in [0.717, 1.165) is 17.7 Å². The number of thiazole rings is 1. The molecule has 0 aliphatic heterocycles. The summed E-state index contributed by atoms with van der Waals surface area (Å²) in [7, 11) is 0. The summed E-state index contributed by atoms with van der Waals surface area (Å²) in [5, 5.41) is 16.5. The van der Waals surface area contributed by atoms with E-state index in [9.17, 15) is 14.4 Å². The summed E-state index contributed by atoms with van der Waals surface area (Å²) in [5.41, 5.74) is 2.56. The number of rotatable bonds is 6. The van der Waals surface area contributed by atoms with Gasteiger partial charge in [-0.25, -0.2) is 9.78 Å². The van der Waals surface area contributed by atoms with E-state index >= 15 is 0 Å². The Kier molecular flexibility index (Phi) is 6.38. The fourth-order valence-corrected chi connectivity index (χ4v) is 3.14. The molecule has 1 heterocycles. The average Bonchev–Trinajstić information content (AvgIpc) is 3.16. The highest BCUT2D eigenvalue weighted by molar-refractivity contribution is 7.14. The van der Waals surface area contributed by atoms with E-state index in [4.69, 9.17) is 16.7 Å². The Morgan fingerprint density at radius 1 is 0.966 bits per heavy atom. The van der Waals surface area contributed by atoms with Crippen molar-refractivity contribution in [3.8, 4) is 11.3 Å². The molecule has 29 heavy (non-hydrogen) atoms. The molecule has 3 aromatic rings. The number of aliphatic carboxylic acids is 1. The third kappa shape index (κ3) is 5.74. The second kappa shape index (κ2) is 9.13. The minimum atomic E-state index is -1.21. The Hall–Kier alpha value is -3.49. The molecule has 0 saturated carbocycles. The molecule has 3 rings (SSSR count). The van der Waals surface area contributed by atoms with Crippen molar-refractivity contribution >= 4 is 51.5 Å². The van der Waals surface area contributed by atoms with E-state index in [1.165, 1.54) is 11.3 Å². The minimum Gasteiger partial charge on any atom is -0.478 e. The fourth-order valence-electron chi connectivity index (χ4n) is 2.29. The number of carboxylic acid groups (broad SMARTS) is 1. The molecule has 146 valence electrons. The Bertz CT molecular complexity index is 1080. The van der Waals surface area contributed by atoms with E-state index in [2.05, 4.69) is 15.6 Å². The number of hydrogen-bond acceptors (Lipinski definition) is 5. The summed E-state index contributed by atoms with van der Waals surface area (Å²) in [6.45, 7) is 0. The van der Waals surface area contributed by atoms with Crippen LogP contribution in [0.25, 0.3) is 11.3 Å². The van der Waals surface area contributed by atoms with Crippen LogP contribution in [0, 0.1) is 0 Å². The number of benzene rings is 2. The zero-order valence-corrected chi connectivity index (χ0v) is 16.3. The summed E-state index contributed by atoms with van der Waals surface area (Å²) in [6, 6.07) is 13.7. The first-order valence-corrected chi connectivity index (χ1v) is 9.51. The molecule has 0 fully saturated rings. The summed E-state index contributed by atoms with van der Waals surface area (Å²) < 4.78 is 0. The molecule has 2 aromatic carbocycles. The predicted molar refractivity (Wildman–Crippen MR) is 112 cm³/mol. The highest BCUT2D eigenvalue weighted by Crippen LogP contribution is 2.26. The van der Waals surface area contributed by atoms with Crippen molar-refractivity contribution in [1.82, 2.24) is 4.98 Å². The van der Waals surface area contributed by atoms with Crippen LogP contribution in [0.4, 0.5) is 10.8 Å². The minimum absolute atomic E-state index is 0.248. The number of carbonyl (C=O) groups excluding carboxylic acids is 2. The molecule has 0 aliphatic carbocycles. The van der Waals surface area contributed by atoms with Gasteiger partial charge in [-0.3, -0.25) is 14.9 Å². The van der Waals surface area contributed by atoms with Crippen LogP contribution in [0.15, 0.2) is 66.1 Å². The quantitative estimate of drug-likeness (QED) is 0.508. The first-order chi connectivity index (χ1) is 13.9. The van der Waals surface area contributed by atoms with E-state index in [1.807, 2.05) is 0 Å². The highest BCUT2D eigenvalue weighted by atomic mass is 35.5. The smallest absolute Gasteiger partial charge is 0.328 e. The first-order valence-electron chi connectivity index (χ1n) is 8.25. The van der Waals surface area contributed by atoms with Crippen molar-refractivity contribution in [2.24, 2.45) is 0 Å². The van der Waals surface area contributed by atoms with Crippen molar-refractivity contribution < 1.29 is 19.5 Å². The number of aromatic nitrogens is 1. The zero-order valence-electron chi connectivity index (χ0n) is 14.8. The molecule has 1 aromatic heterocycles. The van der Waals surface area contributed by atoms with E-state index in [0.29, 0.717) is 27.1 Å². The van der Waals surface area contributed by atoms with E-state index in [-0.39, 0.29) is 5.91 Å². The van der Waals surface area contributed by atoms with Gasteiger partial charge in [-0.2, -0.15) is 0 Å². The second-order valence-corrected chi connectivity index (χ2v) is 7.03. The van der Waals surface area contributed by atoms with Crippen LogP contribution >= 0.6 is 22.9 Å². The molecule has 0 unspecified atom stereocenters. The van der Waals surface area contributed by atoms with E-state index < -0.39 is 11.9 Å². The van der Waals surface area contributed by atoms with Gasteiger partial charge in [0.25, 0.3) is 5.91 Å². The molecular weight excluding hydrogens is 414 g/mol. The van der Waals surface area contributed by atoms with Crippen LogP contribution in [0.3, 0.4) is 0 Å². The average molecular weight is 428 g/mol. The van der Waals surface area contributed by atoms with Gasteiger partial charge in [-0.05, 0) is 36.4 Å². The van der Waals surface area contributed by atoms with Crippen molar-refractivity contribution in [1.29, 1.82) is 0 Å². The number of nitrogens with one attached hydrogen (secondary N) is 2. The van der Waals surface area contributed by atoms with Crippen LogP contribution < -0.4 is 10.6 Å². The lowest BCUT2D eigenvalue weighted by Gasteiger charge is -2.06. The van der Waals surface area contributed by atoms with Gasteiger partial charge >= 0.3 is 5.97 Å². The van der Waals surface area contributed by atoms with Crippen molar-refractivity contribution in [3.63, 3.8) is 0 Å². The number of hydrogen-bond donors (Lipinski definition) is 3. The maximum Gasteiger partial charge on any atom is 0.328 e. The number of nitrogens with zero attached hydrogens (tertiary/aromatic N) is 1. The maximum atomic E-state index is 12.2. The lowest BCUT2D eigenvalue weighted by Crippen LogP contribution is -2.11. The molecule has 7 nitrogen and oxygen atoms in total. The molecule has 2 amide bonds. The number of amides is 2. The van der Waals surface area contributed by atoms with Crippen LogP contribution in [-0.2, 0) is 9.59 Å². The fraction of sp³-hybridized carbons (Fsp3) is 0. The lowest BCUT2D eigenvalue weighted by molar-refractivity contribution is -0.131. The number of carbonyl (C=O) groups is 3. The second-order valence-electron chi connectivity index (χ2n) is 5.74. The summed E-state index contributed by atoms with van der Waals surface area (Å²) in [5.74, 6) is -2.03. The molecule has 0 radical (unpaired) electrons. The van der Waals surface area contributed by atoms with Gasteiger partial charge in [0.2, 0.25) is 5.91 Å². The first kappa shape index (κ1) is 20.2. The van der Waals surface area contributed by atoms with Gasteiger partial charge < -0.3 is 10.4 Å². The van der Waals surface area contributed by atoms with Gasteiger partial charge in [-0.15, -0.1) is 11.3 Å². The maximum absolute atomic E-state index is 12.2. The SMILES string of the molecule is O=C(O)C=CC(=O)Nc1nc(-c2ccc(NC(=O)c3ccc(Cl)cc3)cc2)cs1. The third-order valence-corrected chi connectivity index (χ3v) is 4.67. The monoisotopic (exact) mass is 427 g/mol. The van der Waals surface area contributed by atoms with Gasteiger partial charge in [-0.1, -0.05) is 23.7 Å². The Balaban J connectivity index is 1.63. The Morgan fingerprint density at radius 3 is 2.31 bits per heavy atom. The van der Waals surface area contributed by atoms with E-state index in [1.54, 1.807) is 53.9 Å². The number of carboxylic acids is 1. The number of anilines is 2. The predicted octanol–water partition coefficient (Wildman–Crippen LogP) is 4.30. The lowest BCUT2D eigenvalue weighted by atomic mass is 10.1. The molecule has 0 saturated heterocycles. The summed E-state index contributed by atoms with van der Waals surface area (Å²) in [4.78, 5) is 38.6. The number of halogens is 1. The van der Waals surface area contributed by atoms with Crippen LogP contribution in [0.5, 0.6) is 0 Å². The topological polar surface area (TPSA) is 108 Å². The van der Waals surface area contributed by atoms with Gasteiger partial charge in [0.15, 0.2) is 5.13 Å². The molecule has 0 atom stereocenters. The standard InChI is InChI=1S/C20H14ClN3O4S/c21-14-5-1-13(2-6-14)19(28)22-15-7-3-12(4-8-15)16-11-29-20(23-16)24-17(25)9-10-18(26)27/h1-11H,(H,22,28)(H,26,27)(H,23,24,25). The largest absolute Gasteiger partial charge is 0.478 e. The van der Waals surface area contributed by atoms with Crippen LogP contribution in [0.1, 0.15) is 10.4 Å². The molecule has 0 spiro atoms. The van der Waals surface area contributed by atoms with Crippen LogP contribution in [0.2, 0.25) is 5.02 Å². The zero-order chi connectivity index (χ0) is 20.8. The molecule has 9 heteroatoms. The Labute approximate surface area is 174 Å². The Morgan fingerprint density at radius 2 is 1.66 bits per heavy atom. The third-order valence-electron chi connectivity index (χ3n) is 3.66. The van der Waals surface area contributed by atoms with Gasteiger partial charge in [0, 0.05) is 39.4 Å².